The number of hydrogen-bond donors (Lipinski definition) is 2. The summed E-state index contributed by atoms with van der Waals surface area (Å²) in [6, 6.07) is 0. The standard InChI is InChI=1S/C15H30O4/c1-3-5-6-7-8-9-10-11-12-19-14(15(17)18)13(16)4-2/h13-14,16H,3-12H2,1-2H3,(H,17,18)/t13-,14-/m0/s1. The van der Waals surface area contributed by atoms with Crippen molar-refractivity contribution in [3.05, 3.63) is 0 Å². The first-order valence-electron chi connectivity index (χ1n) is 7.65. The van der Waals surface area contributed by atoms with Gasteiger partial charge in [-0.1, -0.05) is 58.8 Å². The van der Waals surface area contributed by atoms with Crippen molar-refractivity contribution < 1.29 is 19.7 Å². The molecule has 2 atom stereocenters. The number of hydrogen-bond acceptors (Lipinski definition) is 3. The van der Waals surface area contributed by atoms with E-state index in [1.54, 1.807) is 6.92 Å². The van der Waals surface area contributed by atoms with Gasteiger partial charge >= 0.3 is 5.97 Å². The maximum atomic E-state index is 10.9. The van der Waals surface area contributed by atoms with E-state index in [-0.39, 0.29) is 0 Å². The van der Waals surface area contributed by atoms with E-state index < -0.39 is 18.2 Å². The number of rotatable bonds is 13. The Labute approximate surface area is 117 Å². The van der Waals surface area contributed by atoms with E-state index in [1.165, 1.54) is 38.5 Å². The first-order chi connectivity index (χ1) is 9.13. The number of aliphatic hydroxyl groups excluding tert-OH is 1. The third-order valence-electron chi connectivity index (χ3n) is 3.31. The zero-order valence-electron chi connectivity index (χ0n) is 12.4. The molecule has 0 saturated carbocycles. The lowest BCUT2D eigenvalue weighted by atomic mass is 10.1. The van der Waals surface area contributed by atoms with E-state index >= 15 is 0 Å². The SMILES string of the molecule is CCCCCCCCCCO[C@H](C(=O)O)[C@@H](O)CC. The van der Waals surface area contributed by atoms with Crippen molar-refractivity contribution >= 4 is 5.97 Å². The van der Waals surface area contributed by atoms with Crippen LogP contribution in [0.4, 0.5) is 0 Å². The molecule has 0 amide bonds. The molecule has 4 nitrogen and oxygen atoms in total. The van der Waals surface area contributed by atoms with Crippen LogP contribution in [-0.4, -0.2) is 35.0 Å². The fraction of sp³-hybridized carbons (Fsp3) is 0.933. The Kier molecular flexibility index (Phi) is 12.0. The van der Waals surface area contributed by atoms with E-state index in [1.807, 2.05) is 0 Å². The molecule has 0 aliphatic heterocycles. The van der Waals surface area contributed by atoms with Crippen molar-refractivity contribution in [2.24, 2.45) is 0 Å². The number of aliphatic carboxylic acids is 1. The summed E-state index contributed by atoms with van der Waals surface area (Å²) in [6.45, 7) is 4.38. The summed E-state index contributed by atoms with van der Waals surface area (Å²) < 4.78 is 5.25. The van der Waals surface area contributed by atoms with E-state index in [9.17, 15) is 9.90 Å². The summed E-state index contributed by atoms with van der Waals surface area (Å²) in [7, 11) is 0. The van der Waals surface area contributed by atoms with Crippen molar-refractivity contribution in [3.63, 3.8) is 0 Å². The van der Waals surface area contributed by atoms with Crippen molar-refractivity contribution in [2.75, 3.05) is 6.61 Å². The van der Waals surface area contributed by atoms with Gasteiger partial charge in [-0.2, -0.15) is 0 Å². The highest BCUT2D eigenvalue weighted by molar-refractivity contribution is 5.73. The monoisotopic (exact) mass is 274 g/mol. The molecule has 4 heteroatoms. The molecule has 0 radical (unpaired) electrons. The largest absolute Gasteiger partial charge is 0.479 e. The third-order valence-corrected chi connectivity index (χ3v) is 3.31. The third kappa shape index (κ3) is 9.91. The number of aliphatic hydroxyl groups is 1. The molecule has 0 aliphatic rings. The maximum absolute atomic E-state index is 10.9. The molecule has 19 heavy (non-hydrogen) atoms. The second-order valence-electron chi connectivity index (χ2n) is 5.08. The number of carboxylic acid groups (broad SMARTS) is 1. The second kappa shape index (κ2) is 12.4. The first-order valence-corrected chi connectivity index (χ1v) is 7.65. The number of ether oxygens (including phenoxy) is 1. The maximum Gasteiger partial charge on any atom is 0.335 e. The number of carbonyl (C=O) groups is 1. The Morgan fingerprint density at radius 2 is 1.53 bits per heavy atom. The molecular weight excluding hydrogens is 244 g/mol. The topological polar surface area (TPSA) is 66.8 Å². The minimum Gasteiger partial charge on any atom is -0.479 e. The molecule has 0 heterocycles. The number of unbranched alkanes of at least 4 members (excludes halogenated alkanes) is 7. The normalized spacial score (nSPS) is 14.3. The van der Waals surface area contributed by atoms with Gasteiger partial charge < -0.3 is 14.9 Å². The van der Waals surface area contributed by atoms with Crippen LogP contribution >= 0.6 is 0 Å². The van der Waals surface area contributed by atoms with E-state index in [0.29, 0.717) is 13.0 Å². The van der Waals surface area contributed by atoms with Gasteiger partial charge in [-0.05, 0) is 12.8 Å². The van der Waals surface area contributed by atoms with Crippen molar-refractivity contribution in [1.29, 1.82) is 0 Å². The van der Waals surface area contributed by atoms with Gasteiger partial charge in [0.05, 0.1) is 6.10 Å². The fourth-order valence-electron chi connectivity index (χ4n) is 2.01. The Morgan fingerprint density at radius 1 is 1.00 bits per heavy atom. The molecule has 0 bridgehead atoms. The lowest BCUT2D eigenvalue weighted by Gasteiger charge is -2.18. The molecular formula is C15H30O4. The molecule has 0 spiro atoms. The summed E-state index contributed by atoms with van der Waals surface area (Å²) in [5.41, 5.74) is 0. The second-order valence-corrected chi connectivity index (χ2v) is 5.08. The van der Waals surface area contributed by atoms with Gasteiger partial charge in [0, 0.05) is 6.61 Å². The zero-order valence-corrected chi connectivity index (χ0v) is 12.4. The average molecular weight is 274 g/mol. The highest BCUT2D eigenvalue weighted by Gasteiger charge is 2.25. The highest BCUT2D eigenvalue weighted by atomic mass is 16.5. The minimum atomic E-state index is -1.08. The van der Waals surface area contributed by atoms with Crippen LogP contribution in [0.5, 0.6) is 0 Å². The van der Waals surface area contributed by atoms with Crippen molar-refractivity contribution in [2.45, 2.75) is 83.8 Å². The van der Waals surface area contributed by atoms with Gasteiger partial charge in [0.15, 0.2) is 6.10 Å². The Morgan fingerprint density at radius 3 is 2.00 bits per heavy atom. The highest BCUT2D eigenvalue weighted by Crippen LogP contribution is 2.10. The van der Waals surface area contributed by atoms with E-state index in [0.717, 1.165) is 12.8 Å². The summed E-state index contributed by atoms with van der Waals surface area (Å²) in [5, 5.41) is 18.4. The average Bonchev–Trinajstić information content (AvgIpc) is 2.40. The molecule has 0 aromatic carbocycles. The van der Waals surface area contributed by atoms with Crippen LogP contribution in [0.15, 0.2) is 0 Å². The molecule has 0 fully saturated rings. The fourth-order valence-corrected chi connectivity index (χ4v) is 2.01. The van der Waals surface area contributed by atoms with Crippen LogP contribution in [0.3, 0.4) is 0 Å². The van der Waals surface area contributed by atoms with Gasteiger partial charge in [-0.3, -0.25) is 0 Å². The summed E-state index contributed by atoms with van der Waals surface area (Å²) in [6.07, 6.45) is 7.98. The van der Waals surface area contributed by atoms with Crippen LogP contribution in [0.25, 0.3) is 0 Å². The smallest absolute Gasteiger partial charge is 0.335 e. The summed E-state index contributed by atoms with van der Waals surface area (Å²) in [4.78, 5) is 10.9. The van der Waals surface area contributed by atoms with Crippen molar-refractivity contribution in [3.8, 4) is 0 Å². The Balaban J connectivity index is 3.48. The number of carboxylic acids is 1. The van der Waals surface area contributed by atoms with Crippen LogP contribution in [0.1, 0.15) is 71.6 Å². The van der Waals surface area contributed by atoms with Crippen molar-refractivity contribution in [1.82, 2.24) is 0 Å². The van der Waals surface area contributed by atoms with Gasteiger partial charge in [0.25, 0.3) is 0 Å². The minimum absolute atomic E-state index is 0.397. The Hall–Kier alpha value is -0.610. The quantitative estimate of drug-likeness (QED) is 0.505. The van der Waals surface area contributed by atoms with Gasteiger partial charge in [-0.15, -0.1) is 0 Å². The predicted octanol–water partition coefficient (Wildman–Crippen LogP) is 3.37. The molecule has 0 aromatic rings. The van der Waals surface area contributed by atoms with Crippen LogP contribution in [0.2, 0.25) is 0 Å². The molecule has 114 valence electrons. The zero-order chi connectivity index (χ0) is 14.5. The van der Waals surface area contributed by atoms with Gasteiger partial charge in [-0.25, -0.2) is 4.79 Å². The molecule has 0 rings (SSSR count). The van der Waals surface area contributed by atoms with E-state index in [4.69, 9.17) is 9.84 Å². The molecule has 0 aliphatic carbocycles. The first kappa shape index (κ1) is 18.4. The lowest BCUT2D eigenvalue weighted by molar-refractivity contribution is -0.158. The Bertz CT molecular complexity index is 218. The van der Waals surface area contributed by atoms with Crippen LogP contribution < -0.4 is 0 Å². The molecule has 2 N–H and O–H groups in total. The summed E-state index contributed by atoms with van der Waals surface area (Å²) in [5.74, 6) is -1.08. The molecule has 0 aromatic heterocycles. The van der Waals surface area contributed by atoms with Crippen LogP contribution in [-0.2, 0) is 9.53 Å². The molecule has 0 saturated heterocycles. The molecule has 0 unspecified atom stereocenters. The van der Waals surface area contributed by atoms with Crippen LogP contribution in [0, 0.1) is 0 Å². The van der Waals surface area contributed by atoms with Gasteiger partial charge in [0.2, 0.25) is 0 Å². The summed E-state index contributed by atoms with van der Waals surface area (Å²) >= 11 is 0. The predicted molar refractivity (Wildman–Crippen MR) is 76.3 cm³/mol. The lowest BCUT2D eigenvalue weighted by Crippen LogP contribution is -2.36. The van der Waals surface area contributed by atoms with E-state index in [2.05, 4.69) is 6.92 Å². The van der Waals surface area contributed by atoms with Gasteiger partial charge in [0.1, 0.15) is 0 Å².